The molecule has 0 atom stereocenters. The third-order valence-corrected chi connectivity index (χ3v) is 2.80. The van der Waals surface area contributed by atoms with Crippen LogP contribution in [0.4, 0.5) is 5.82 Å². The molecule has 4 nitrogen and oxygen atoms in total. The maximum atomic E-state index is 9.75. The number of para-hydroxylation sites is 1. The number of nitrogens with two attached hydrogens (primary N) is 1. The zero-order valence-corrected chi connectivity index (χ0v) is 8.78. The number of pyridine rings is 1. The lowest BCUT2D eigenvalue weighted by Gasteiger charge is -1.97. The predicted octanol–water partition coefficient (Wildman–Crippen LogP) is 2.31. The van der Waals surface area contributed by atoms with Gasteiger partial charge in [-0.25, -0.2) is 4.98 Å². The first-order chi connectivity index (χ1) is 7.66. The smallest absolute Gasteiger partial charge is 0.139 e. The molecule has 0 spiro atoms. The standard InChI is InChI=1S/C12H11N3O/c1-6-11-8(5-10(13)14-6)7-3-2-4-9(16)12(7)15-11/h2-5,15-16H,1H3,(H2,13,14). The maximum Gasteiger partial charge on any atom is 0.139 e. The molecule has 2 heterocycles. The molecule has 0 bridgehead atoms. The summed E-state index contributed by atoms with van der Waals surface area (Å²) < 4.78 is 0. The zero-order chi connectivity index (χ0) is 11.3. The number of anilines is 1. The van der Waals surface area contributed by atoms with Gasteiger partial charge in [0.25, 0.3) is 0 Å². The first kappa shape index (κ1) is 9.03. The fraction of sp³-hybridized carbons (Fsp3) is 0.0833. The summed E-state index contributed by atoms with van der Waals surface area (Å²) >= 11 is 0. The Morgan fingerprint density at radius 2 is 2.06 bits per heavy atom. The molecule has 80 valence electrons. The largest absolute Gasteiger partial charge is 0.506 e. The van der Waals surface area contributed by atoms with Gasteiger partial charge in [0.05, 0.1) is 16.7 Å². The van der Waals surface area contributed by atoms with Crippen molar-refractivity contribution in [2.75, 3.05) is 5.73 Å². The fourth-order valence-electron chi connectivity index (χ4n) is 2.09. The quantitative estimate of drug-likeness (QED) is 0.536. The van der Waals surface area contributed by atoms with Gasteiger partial charge in [-0.1, -0.05) is 12.1 Å². The van der Waals surface area contributed by atoms with Crippen molar-refractivity contribution in [3.8, 4) is 5.75 Å². The minimum atomic E-state index is 0.242. The highest BCUT2D eigenvalue weighted by molar-refractivity contribution is 6.10. The molecule has 4 N–H and O–H groups in total. The lowest BCUT2D eigenvalue weighted by atomic mass is 10.1. The lowest BCUT2D eigenvalue weighted by molar-refractivity contribution is 0.480. The van der Waals surface area contributed by atoms with Crippen LogP contribution in [0.5, 0.6) is 5.75 Å². The number of aromatic nitrogens is 2. The van der Waals surface area contributed by atoms with E-state index in [1.807, 2.05) is 25.1 Å². The summed E-state index contributed by atoms with van der Waals surface area (Å²) in [6, 6.07) is 7.24. The summed E-state index contributed by atoms with van der Waals surface area (Å²) in [5.74, 6) is 0.737. The molecular weight excluding hydrogens is 202 g/mol. The predicted molar refractivity (Wildman–Crippen MR) is 64.4 cm³/mol. The van der Waals surface area contributed by atoms with E-state index in [0.29, 0.717) is 5.82 Å². The van der Waals surface area contributed by atoms with E-state index in [9.17, 15) is 5.11 Å². The second-order valence-electron chi connectivity index (χ2n) is 3.88. The van der Waals surface area contributed by atoms with Crippen LogP contribution in [-0.2, 0) is 0 Å². The van der Waals surface area contributed by atoms with Crippen molar-refractivity contribution in [2.45, 2.75) is 6.92 Å². The number of hydrogen-bond donors (Lipinski definition) is 3. The van der Waals surface area contributed by atoms with Crippen LogP contribution < -0.4 is 5.73 Å². The van der Waals surface area contributed by atoms with Crippen LogP contribution >= 0.6 is 0 Å². The Morgan fingerprint density at radius 1 is 1.25 bits per heavy atom. The van der Waals surface area contributed by atoms with Gasteiger partial charge >= 0.3 is 0 Å². The van der Waals surface area contributed by atoms with E-state index in [-0.39, 0.29) is 5.75 Å². The highest BCUT2D eigenvalue weighted by atomic mass is 16.3. The number of hydrogen-bond acceptors (Lipinski definition) is 3. The number of nitrogens with zero attached hydrogens (tertiary/aromatic N) is 1. The summed E-state index contributed by atoms with van der Waals surface area (Å²) in [4.78, 5) is 7.37. The number of aryl methyl sites for hydroxylation is 1. The van der Waals surface area contributed by atoms with Crippen LogP contribution in [0, 0.1) is 6.92 Å². The van der Waals surface area contributed by atoms with Gasteiger partial charge in [-0.3, -0.25) is 0 Å². The zero-order valence-electron chi connectivity index (χ0n) is 8.78. The SMILES string of the molecule is Cc1nc(N)cc2c1[nH]c1c(O)cccc12. The summed E-state index contributed by atoms with van der Waals surface area (Å²) in [5.41, 5.74) is 8.22. The van der Waals surface area contributed by atoms with Gasteiger partial charge < -0.3 is 15.8 Å². The Bertz CT molecular complexity index is 700. The van der Waals surface area contributed by atoms with Crippen LogP contribution in [-0.4, -0.2) is 15.1 Å². The Hall–Kier alpha value is -2.23. The van der Waals surface area contributed by atoms with E-state index in [4.69, 9.17) is 5.73 Å². The van der Waals surface area contributed by atoms with Gasteiger partial charge in [-0.05, 0) is 19.1 Å². The van der Waals surface area contributed by atoms with Crippen LogP contribution in [0.2, 0.25) is 0 Å². The number of phenolic OH excluding ortho intramolecular Hbond substituents is 1. The molecule has 0 radical (unpaired) electrons. The van der Waals surface area contributed by atoms with E-state index in [2.05, 4.69) is 9.97 Å². The van der Waals surface area contributed by atoms with Crippen molar-refractivity contribution in [2.24, 2.45) is 0 Å². The van der Waals surface area contributed by atoms with Crippen LogP contribution in [0.15, 0.2) is 24.3 Å². The van der Waals surface area contributed by atoms with Crippen molar-refractivity contribution in [1.82, 2.24) is 9.97 Å². The first-order valence-electron chi connectivity index (χ1n) is 5.03. The lowest BCUT2D eigenvalue weighted by Crippen LogP contribution is -1.92. The van der Waals surface area contributed by atoms with E-state index < -0.39 is 0 Å². The average Bonchev–Trinajstić information content (AvgIpc) is 2.59. The van der Waals surface area contributed by atoms with Crippen molar-refractivity contribution in [3.63, 3.8) is 0 Å². The molecule has 4 heteroatoms. The number of rotatable bonds is 0. The van der Waals surface area contributed by atoms with Gasteiger partial charge in [0.1, 0.15) is 11.6 Å². The molecule has 0 unspecified atom stereocenters. The molecule has 3 rings (SSSR count). The number of aromatic hydroxyl groups is 1. The minimum absolute atomic E-state index is 0.242. The summed E-state index contributed by atoms with van der Waals surface area (Å²) in [6.45, 7) is 1.89. The third kappa shape index (κ3) is 1.07. The Kier molecular flexibility index (Phi) is 1.63. The van der Waals surface area contributed by atoms with Gasteiger partial charge in [-0.2, -0.15) is 0 Å². The van der Waals surface area contributed by atoms with Gasteiger partial charge in [0, 0.05) is 10.8 Å². The highest BCUT2D eigenvalue weighted by Gasteiger charge is 2.10. The third-order valence-electron chi connectivity index (χ3n) is 2.80. The first-order valence-corrected chi connectivity index (χ1v) is 5.03. The van der Waals surface area contributed by atoms with Crippen LogP contribution in [0.3, 0.4) is 0 Å². The summed E-state index contributed by atoms with van der Waals surface area (Å²) in [5, 5.41) is 11.7. The summed E-state index contributed by atoms with van der Waals surface area (Å²) in [7, 11) is 0. The molecule has 2 aromatic heterocycles. The topological polar surface area (TPSA) is 74.9 Å². The van der Waals surface area contributed by atoms with Gasteiger partial charge in [0.15, 0.2) is 0 Å². The molecule has 0 aliphatic carbocycles. The fourth-order valence-corrected chi connectivity index (χ4v) is 2.09. The number of H-pyrrole nitrogens is 1. The monoisotopic (exact) mass is 213 g/mol. The highest BCUT2D eigenvalue weighted by Crippen LogP contribution is 2.32. The Balaban J connectivity index is 2.61. The number of aromatic amines is 1. The summed E-state index contributed by atoms with van der Waals surface area (Å²) in [6.07, 6.45) is 0. The van der Waals surface area contributed by atoms with Gasteiger partial charge in [-0.15, -0.1) is 0 Å². The minimum Gasteiger partial charge on any atom is -0.506 e. The molecule has 0 saturated heterocycles. The number of fused-ring (bicyclic) bond motifs is 3. The normalized spacial score (nSPS) is 11.3. The van der Waals surface area contributed by atoms with Crippen molar-refractivity contribution < 1.29 is 5.11 Å². The second kappa shape index (κ2) is 2.88. The number of phenols is 1. The second-order valence-corrected chi connectivity index (χ2v) is 3.88. The molecule has 0 fully saturated rings. The number of nitrogens with one attached hydrogen (secondary N) is 1. The molecule has 3 aromatic rings. The molecule has 0 aliphatic heterocycles. The van der Waals surface area contributed by atoms with E-state index in [1.54, 1.807) is 6.07 Å². The Labute approximate surface area is 91.7 Å². The molecule has 0 saturated carbocycles. The van der Waals surface area contributed by atoms with E-state index in [1.165, 1.54) is 0 Å². The molecule has 0 aliphatic rings. The molecule has 0 amide bonds. The van der Waals surface area contributed by atoms with Crippen molar-refractivity contribution >= 4 is 27.6 Å². The van der Waals surface area contributed by atoms with Crippen molar-refractivity contribution in [1.29, 1.82) is 0 Å². The van der Waals surface area contributed by atoms with E-state index in [0.717, 1.165) is 27.5 Å². The maximum absolute atomic E-state index is 9.75. The number of nitrogen functional groups attached to an aromatic ring is 1. The molecular formula is C12H11N3O. The van der Waals surface area contributed by atoms with Crippen molar-refractivity contribution in [3.05, 3.63) is 30.0 Å². The molecule has 1 aromatic carbocycles. The van der Waals surface area contributed by atoms with E-state index >= 15 is 0 Å². The Morgan fingerprint density at radius 3 is 2.88 bits per heavy atom. The van der Waals surface area contributed by atoms with Gasteiger partial charge in [0.2, 0.25) is 0 Å². The van der Waals surface area contributed by atoms with Crippen LogP contribution in [0.25, 0.3) is 21.8 Å². The number of benzene rings is 1. The van der Waals surface area contributed by atoms with Crippen LogP contribution in [0.1, 0.15) is 5.69 Å². The average molecular weight is 213 g/mol. The molecule has 16 heavy (non-hydrogen) atoms.